The molecule has 0 bridgehead atoms. The third kappa shape index (κ3) is 3.08. The molecule has 2 aromatic heterocycles. The number of H-pyrrole nitrogens is 1. The van der Waals surface area contributed by atoms with E-state index in [-0.39, 0.29) is 23.1 Å². The molecule has 146 valence electrons. The number of nitrogens with zero attached hydrogens (tertiary/aromatic N) is 3. The van der Waals surface area contributed by atoms with Crippen LogP contribution in [0.5, 0.6) is 0 Å². The maximum absolute atomic E-state index is 13.5. The lowest BCUT2D eigenvalue weighted by Gasteiger charge is -2.21. The third-order valence-electron chi connectivity index (χ3n) is 4.61. The molecule has 1 aliphatic rings. The first-order chi connectivity index (χ1) is 13.3. The first-order valence-corrected chi connectivity index (χ1v) is 8.39. The number of hydrogen-bond acceptors (Lipinski definition) is 4. The van der Waals surface area contributed by atoms with Gasteiger partial charge in [-0.1, -0.05) is 6.07 Å². The Labute approximate surface area is 155 Å². The second-order valence-corrected chi connectivity index (χ2v) is 6.51. The van der Waals surface area contributed by atoms with Gasteiger partial charge in [-0.25, -0.2) is 14.3 Å². The second kappa shape index (κ2) is 6.36. The first kappa shape index (κ1) is 18.0. The molecular formula is C17H14F3N5O3. The number of carbonyl (C=O) groups is 1. The van der Waals surface area contributed by atoms with Crippen LogP contribution in [0, 0.1) is 5.92 Å². The highest BCUT2D eigenvalue weighted by Crippen LogP contribution is 2.41. The number of aromatic nitrogens is 4. The van der Waals surface area contributed by atoms with Gasteiger partial charge in [0, 0.05) is 6.07 Å². The topological polar surface area (TPSA) is 113 Å². The van der Waals surface area contributed by atoms with Crippen LogP contribution < -0.4 is 10.9 Å². The molecule has 1 unspecified atom stereocenters. The van der Waals surface area contributed by atoms with E-state index < -0.39 is 34.8 Å². The number of aromatic amines is 1. The number of halogens is 3. The van der Waals surface area contributed by atoms with Crippen molar-refractivity contribution in [2.24, 2.45) is 5.92 Å². The molecular weight excluding hydrogens is 379 g/mol. The number of amides is 1. The number of hydrogen-bond donors (Lipinski definition) is 3. The van der Waals surface area contributed by atoms with Crippen molar-refractivity contribution in [3.05, 3.63) is 52.2 Å². The lowest BCUT2D eigenvalue weighted by molar-refractivity contribution is -0.136. The molecule has 1 atom stereocenters. The molecule has 4 rings (SSSR count). The molecule has 1 saturated carbocycles. The van der Waals surface area contributed by atoms with Gasteiger partial charge in [-0.3, -0.25) is 9.89 Å². The smallest absolute Gasteiger partial charge is 0.417 e. The Bertz CT molecular complexity index is 1100. The fourth-order valence-corrected chi connectivity index (χ4v) is 3.25. The van der Waals surface area contributed by atoms with Gasteiger partial charge >= 0.3 is 12.3 Å². The van der Waals surface area contributed by atoms with Gasteiger partial charge in [0.15, 0.2) is 0 Å². The average molecular weight is 393 g/mol. The van der Waals surface area contributed by atoms with Crippen molar-refractivity contribution in [2.45, 2.75) is 25.1 Å². The van der Waals surface area contributed by atoms with Crippen LogP contribution in [0.4, 0.5) is 18.0 Å². The van der Waals surface area contributed by atoms with Crippen LogP contribution >= 0.6 is 0 Å². The molecule has 28 heavy (non-hydrogen) atoms. The summed E-state index contributed by atoms with van der Waals surface area (Å²) >= 11 is 0. The number of nitrogens with one attached hydrogen (secondary N) is 2. The zero-order chi connectivity index (χ0) is 20.1. The highest BCUT2D eigenvalue weighted by Gasteiger charge is 2.39. The molecule has 3 aromatic rings. The summed E-state index contributed by atoms with van der Waals surface area (Å²) in [6, 6.07) is 3.85. The van der Waals surface area contributed by atoms with Crippen molar-refractivity contribution in [3.63, 3.8) is 0 Å². The number of fused-ring (bicyclic) bond motifs is 1. The molecule has 3 N–H and O–H groups in total. The zero-order valence-corrected chi connectivity index (χ0v) is 14.2. The minimum Gasteiger partial charge on any atom is -0.465 e. The van der Waals surface area contributed by atoms with Crippen LogP contribution in [-0.4, -0.2) is 30.9 Å². The SMILES string of the molecule is O=C(O)NC(c1nc2cccc(C(F)(F)F)c2c(=O)n1-c1ccn[nH]1)C1CC1. The van der Waals surface area contributed by atoms with E-state index in [4.69, 9.17) is 0 Å². The summed E-state index contributed by atoms with van der Waals surface area (Å²) in [6.07, 6.45) is -3.30. The van der Waals surface area contributed by atoms with Crippen molar-refractivity contribution < 1.29 is 23.1 Å². The van der Waals surface area contributed by atoms with Crippen LogP contribution in [0.25, 0.3) is 16.7 Å². The third-order valence-corrected chi connectivity index (χ3v) is 4.61. The molecule has 0 radical (unpaired) electrons. The average Bonchev–Trinajstić information content (AvgIpc) is 3.33. The highest BCUT2D eigenvalue weighted by molar-refractivity contribution is 5.82. The highest BCUT2D eigenvalue weighted by atomic mass is 19.4. The van der Waals surface area contributed by atoms with Crippen LogP contribution in [0.15, 0.2) is 35.3 Å². The van der Waals surface area contributed by atoms with Crippen LogP contribution in [0.2, 0.25) is 0 Å². The monoisotopic (exact) mass is 393 g/mol. The zero-order valence-electron chi connectivity index (χ0n) is 14.2. The summed E-state index contributed by atoms with van der Waals surface area (Å²) < 4.78 is 41.3. The minimum absolute atomic E-state index is 0.0194. The first-order valence-electron chi connectivity index (χ1n) is 8.39. The lowest BCUT2D eigenvalue weighted by atomic mass is 10.1. The number of rotatable bonds is 4. The van der Waals surface area contributed by atoms with Crippen molar-refractivity contribution in [1.29, 1.82) is 0 Å². The standard InChI is InChI=1S/C17H14F3N5O3/c18-17(19,20)9-2-1-3-10-12(9)15(26)25(11-6-7-21-24-11)14(22-10)13(8-4-5-8)23-16(27)28/h1-3,6-8,13,23H,4-5H2,(H,21,24)(H,27,28). The Morgan fingerprint density at radius 1 is 1.32 bits per heavy atom. The molecule has 11 heteroatoms. The summed E-state index contributed by atoms with van der Waals surface area (Å²) in [5.41, 5.74) is -2.20. The van der Waals surface area contributed by atoms with E-state index in [1.807, 2.05) is 0 Å². The summed E-state index contributed by atoms with van der Waals surface area (Å²) in [5.74, 6) is 0.0237. The molecule has 1 fully saturated rings. The van der Waals surface area contributed by atoms with E-state index in [2.05, 4.69) is 20.5 Å². The molecule has 0 saturated heterocycles. The quantitative estimate of drug-likeness (QED) is 0.631. The lowest BCUT2D eigenvalue weighted by Crippen LogP contribution is -2.35. The summed E-state index contributed by atoms with van der Waals surface area (Å²) in [7, 11) is 0. The molecule has 8 nitrogen and oxygen atoms in total. The predicted octanol–water partition coefficient (Wildman–Crippen LogP) is 2.85. The predicted molar refractivity (Wildman–Crippen MR) is 91.1 cm³/mol. The minimum atomic E-state index is -4.75. The second-order valence-electron chi connectivity index (χ2n) is 6.51. The van der Waals surface area contributed by atoms with Gasteiger partial charge in [-0.2, -0.15) is 18.3 Å². The fourth-order valence-electron chi connectivity index (χ4n) is 3.25. The Hall–Kier alpha value is -3.37. The summed E-state index contributed by atoms with van der Waals surface area (Å²) in [4.78, 5) is 28.7. The van der Waals surface area contributed by atoms with Crippen molar-refractivity contribution in [3.8, 4) is 5.82 Å². The van der Waals surface area contributed by atoms with Crippen molar-refractivity contribution in [2.75, 3.05) is 0 Å². The van der Waals surface area contributed by atoms with Crippen molar-refractivity contribution >= 4 is 17.0 Å². The fraction of sp³-hybridized carbons (Fsp3) is 0.294. The normalized spacial score (nSPS) is 15.5. The maximum Gasteiger partial charge on any atom is 0.417 e. The number of benzene rings is 1. The van der Waals surface area contributed by atoms with Crippen LogP contribution in [0.3, 0.4) is 0 Å². The van der Waals surface area contributed by atoms with E-state index in [1.165, 1.54) is 24.4 Å². The van der Waals surface area contributed by atoms with Gasteiger partial charge in [0.25, 0.3) is 5.56 Å². The number of alkyl halides is 3. The molecule has 0 aliphatic heterocycles. The Balaban J connectivity index is 2.06. The largest absolute Gasteiger partial charge is 0.465 e. The van der Waals surface area contributed by atoms with E-state index in [0.29, 0.717) is 12.8 Å². The van der Waals surface area contributed by atoms with Crippen molar-refractivity contribution in [1.82, 2.24) is 25.1 Å². The van der Waals surface area contributed by atoms with Crippen LogP contribution in [-0.2, 0) is 6.18 Å². The molecule has 0 spiro atoms. The molecule has 1 amide bonds. The van der Waals surface area contributed by atoms with Gasteiger partial charge in [-0.05, 0) is 30.9 Å². The van der Waals surface area contributed by atoms with Gasteiger partial charge in [0.2, 0.25) is 0 Å². The summed E-state index contributed by atoms with van der Waals surface area (Å²) in [6.45, 7) is 0. The van der Waals surface area contributed by atoms with Gasteiger partial charge in [-0.15, -0.1) is 0 Å². The summed E-state index contributed by atoms with van der Waals surface area (Å²) in [5, 5.41) is 17.2. The van der Waals surface area contributed by atoms with Gasteiger partial charge in [0.05, 0.1) is 28.7 Å². The molecule has 1 aliphatic carbocycles. The Morgan fingerprint density at radius 2 is 2.07 bits per heavy atom. The Kier molecular flexibility index (Phi) is 4.09. The molecule has 2 heterocycles. The van der Waals surface area contributed by atoms with E-state index >= 15 is 0 Å². The van der Waals surface area contributed by atoms with Gasteiger partial charge in [0.1, 0.15) is 11.6 Å². The van der Waals surface area contributed by atoms with E-state index in [9.17, 15) is 27.9 Å². The van der Waals surface area contributed by atoms with Gasteiger partial charge < -0.3 is 10.4 Å². The van der Waals surface area contributed by atoms with E-state index in [1.54, 1.807) is 0 Å². The Morgan fingerprint density at radius 3 is 2.64 bits per heavy atom. The maximum atomic E-state index is 13.5. The molecule has 1 aromatic carbocycles. The van der Waals surface area contributed by atoms with Crippen LogP contribution in [0.1, 0.15) is 30.3 Å². The number of carboxylic acid groups (broad SMARTS) is 1. The van der Waals surface area contributed by atoms with E-state index in [0.717, 1.165) is 10.6 Å².